The van der Waals surface area contributed by atoms with Crippen LogP contribution in [-0.4, -0.2) is 44.3 Å². The number of nitrogens with zero attached hydrogens (tertiary/aromatic N) is 4. The number of nitrogens with two attached hydrogens (primary N) is 1. The number of rotatable bonds is 5. The van der Waals surface area contributed by atoms with E-state index < -0.39 is 5.97 Å². The minimum Gasteiger partial charge on any atom is -0.478 e. The van der Waals surface area contributed by atoms with Gasteiger partial charge in [-0.25, -0.2) is 9.78 Å². The van der Waals surface area contributed by atoms with Crippen molar-refractivity contribution in [3.63, 3.8) is 0 Å². The molecule has 0 saturated carbocycles. The van der Waals surface area contributed by atoms with E-state index in [0.717, 1.165) is 24.9 Å². The van der Waals surface area contributed by atoms with Crippen molar-refractivity contribution in [3.05, 3.63) is 69.0 Å². The van der Waals surface area contributed by atoms with Crippen LogP contribution in [0.1, 0.15) is 28.8 Å². The summed E-state index contributed by atoms with van der Waals surface area (Å²) in [6, 6.07) is 12.5. The van der Waals surface area contributed by atoms with E-state index in [1.807, 2.05) is 28.8 Å². The molecule has 0 unspecified atom stereocenters. The van der Waals surface area contributed by atoms with Crippen LogP contribution < -0.4 is 16.2 Å². The predicted molar refractivity (Wildman–Crippen MR) is 141 cm³/mol. The molecule has 35 heavy (non-hydrogen) atoms. The van der Waals surface area contributed by atoms with E-state index in [-0.39, 0.29) is 29.6 Å². The number of hydrogen-bond acceptors (Lipinski definition) is 5. The first kappa shape index (κ1) is 25.0. The summed E-state index contributed by atoms with van der Waals surface area (Å²) in [4.78, 5) is 32.2. The number of piperidine rings is 1. The Bertz CT molecular complexity index is 1480. The third-order valence-corrected chi connectivity index (χ3v) is 6.99. The monoisotopic (exact) mass is 515 g/mol. The molecule has 0 spiro atoms. The van der Waals surface area contributed by atoms with Gasteiger partial charge < -0.3 is 24.9 Å². The maximum atomic E-state index is 13.5. The molecule has 1 aliphatic rings. The van der Waals surface area contributed by atoms with E-state index in [1.54, 1.807) is 23.7 Å². The smallest absolute Gasteiger partial charge is 0.335 e. The third kappa shape index (κ3) is 4.49. The Labute approximate surface area is 213 Å². The molecule has 3 N–H and O–H groups in total. The van der Waals surface area contributed by atoms with E-state index >= 15 is 0 Å². The molecule has 3 heterocycles. The van der Waals surface area contributed by atoms with E-state index in [9.17, 15) is 14.7 Å². The van der Waals surface area contributed by atoms with Crippen molar-refractivity contribution in [2.24, 2.45) is 12.8 Å². The van der Waals surface area contributed by atoms with Gasteiger partial charge in [0.15, 0.2) is 0 Å². The van der Waals surface area contributed by atoms with Crippen molar-refractivity contribution < 1.29 is 9.90 Å². The topological polar surface area (TPSA) is 106 Å². The van der Waals surface area contributed by atoms with Gasteiger partial charge in [0, 0.05) is 43.1 Å². The Morgan fingerprint density at radius 3 is 2.74 bits per heavy atom. The summed E-state index contributed by atoms with van der Waals surface area (Å²) >= 11 is 6.40. The summed E-state index contributed by atoms with van der Waals surface area (Å²) in [5.74, 6) is -0.341. The Morgan fingerprint density at radius 1 is 1.26 bits per heavy atom. The number of aromatic carboxylic acids is 1. The maximum absolute atomic E-state index is 13.5. The van der Waals surface area contributed by atoms with E-state index in [2.05, 4.69) is 4.90 Å². The van der Waals surface area contributed by atoms with Crippen LogP contribution in [-0.2, 0) is 20.0 Å². The Kier molecular flexibility index (Phi) is 7.07. The highest BCUT2D eigenvalue weighted by Crippen LogP contribution is 2.30. The van der Waals surface area contributed by atoms with Crippen LogP contribution in [0, 0.1) is 0 Å². The summed E-state index contributed by atoms with van der Waals surface area (Å²) in [6.45, 7) is 1.94. The molecule has 2 aromatic heterocycles. The second-order valence-electron chi connectivity index (χ2n) is 8.85. The van der Waals surface area contributed by atoms with E-state index in [4.69, 9.17) is 22.3 Å². The molecule has 2 aromatic carbocycles. The molecule has 10 heteroatoms. The van der Waals surface area contributed by atoms with Crippen LogP contribution >= 0.6 is 24.0 Å². The molecular formula is C25H27Cl2N5O3. The number of benzene rings is 2. The predicted octanol–water partition coefficient (Wildman–Crippen LogP) is 3.83. The first-order chi connectivity index (χ1) is 16.3. The van der Waals surface area contributed by atoms with Gasteiger partial charge >= 0.3 is 5.97 Å². The van der Waals surface area contributed by atoms with Gasteiger partial charge in [0.25, 0.3) is 5.56 Å². The molecular weight excluding hydrogens is 489 g/mol. The average molecular weight is 516 g/mol. The van der Waals surface area contributed by atoms with Crippen LogP contribution in [0.25, 0.3) is 21.9 Å². The van der Waals surface area contributed by atoms with Crippen LogP contribution in [0.2, 0.25) is 5.02 Å². The number of fused-ring (bicyclic) bond motifs is 3. The second-order valence-corrected chi connectivity index (χ2v) is 9.26. The highest BCUT2D eigenvalue weighted by atomic mass is 35.5. The van der Waals surface area contributed by atoms with Gasteiger partial charge in [-0.3, -0.25) is 4.79 Å². The fraction of sp³-hybridized carbons (Fsp3) is 0.320. The number of aryl methyl sites for hydroxylation is 3. The Hall–Kier alpha value is -3.07. The van der Waals surface area contributed by atoms with Crippen molar-refractivity contribution in [2.75, 3.05) is 18.0 Å². The zero-order chi connectivity index (χ0) is 24.0. The van der Waals surface area contributed by atoms with Crippen molar-refractivity contribution in [1.29, 1.82) is 0 Å². The van der Waals surface area contributed by atoms with Crippen molar-refractivity contribution in [1.82, 2.24) is 14.1 Å². The number of carboxylic acid groups (broad SMARTS) is 1. The summed E-state index contributed by atoms with van der Waals surface area (Å²) in [5.41, 5.74) is 8.83. The lowest BCUT2D eigenvalue weighted by molar-refractivity contribution is 0.0697. The standard InChI is InChI=1S/C25H26ClN5O3.ClH/c1-29-20-9-8-16(24(33)34)13-18(20)21-22(23(29)32)31(12-10-15-5-2-3-7-19(15)26)25(28-21)30-11-4-6-17(27)14-30;/h2-3,5,7-9,13,17H,4,6,10-12,14,27H2,1H3,(H,33,34);1H/t17-;/m1./s1. The van der Waals surface area contributed by atoms with Gasteiger partial charge in [-0.2, -0.15) is 0 Å². The molecule has 1 atom stereocenters. The second kappa shape index (κ2) is 9.89. The number of imidazole rings is 1. The highest BCUT2D eigenvalue weighted by Gasteiger charge is 2.26. The molecule has 0 aliphatic carbocycles. The lowest BCUT2D eigenvalue weighted by Gasteiger charge is -2.32. The van der Waals surface area contributed by atoms with Gasteiger partial charge in [0.05, 0.1) is 11.1 Å². The van der Waals surface area contributed by atoms with Gasteiger partial charge in [-0.15, -0.1) is 12.4 Å². The first-order valence-electron chi connectivity index (χ1n) is 11.4. The highest BCUT2D eigenvalue weighted by molar-refractivity contribution is 6.31. The summed E-state index contributed by atoms with van der Waals surface area (Å²) < 4.78 is 3.51. The SMILES string of the molecule is Cl.Cn1c(=O)c2c(nc(N3CCC[C@@H](N)C3)n2CCc2ccccc2Cl)c2cc(C(=O)O)ccc21. The molecule has 0 amide bonds. The van der Waals surface area contributed by atoms with Crippen LogP contribution in [0.5, 0.6) is 0 Å². The van der Waals surface area contributed by atoms with Crippen LogP contribution in [0.3, 0.4) is 0 Å². The zero-order valence-electron chi connectivity index (χ0n) is 19.3. The summed E-state index contributed by atoms with van der Waals surface area (Å²) in [7, 11) is 1.70. The molecule has 1 aliphatic heterocycles. The van der Waals surface area contributed by atoms with Gasteiger partial charge in [-0.05, 0) is 49.1 Å². The molecule has 184 valence electrons. The minimum absolute atomic E-state index is 0. The molecule has 1 saturated heterocycles. The van der Waals surface area contributed by atoms with E-state index in [1.165, 1.54) is 6.07 Å². The van der Waals surface area contributed by atoms with Crippen LogP contribution in [0.4, 0.5) is 5.95 Å². The number of halogens is 2. The van der Waals surface area contributed by atoms with Gasteiger partial charge in [-0.1, -0.05) is 29.8 Å². The van der Waals surface area contributed by atoms with Crippen LogP contribution in [0.15, 0.2) is 47.3 Å². The number of hydrogen-bond donors (Lipinski definition) is 2. The zero-order valence-corrected chi connectivity index (χ0v) is 20.8. The number of pyridine rings is 1. The fourth-order valence-corrected chi connectivity index (χ4v) is 5.07. The average Bonchev–Trinajstić information content (AvgIpc) is 3.21. The fourth-order valence-electron chi connectivity index (χ4n) is 4.84. The number of carbonyl (C=O) groups is 1. The quantitative estimate of drug-likeness (QED) is 0.418. The summed E-state index contributed by atoms with van der Waals surface area (Å²) in [5, 5.41) is 10.9. The molecule has 1 fully saturated rings. The molecule has 8 nitrogen and oxygen atoms in total. The van der Waals surface area contributed by atoms with Crippen molar-refractivity contribution in [3.8, 4) is 0 Å². The van der Waals surface area contributed by atoms with Gasteiger partial charge in [0.1, 0.15) is 11.0 Å². The third-order valence-electron chi connectivity index (χ3n) is 6.62. The molecule has 0 radical (unpaired) electrons. The van der Waals surface area contributed by atoms with E-state index in [0.29, 0.717) is 52.4 Å². The molecule has 5 rings (SSSR count). The van der Waals surface area contributed by atoms with Gasteiger partial charge in [0.2, 0.25) is 5.95 Å². The van der Waals surface area contributed by atoms with Crippen molar-refractivity contribution >= 4 is 57.9 Å². The first-order valence-corrected chi connectivity index (χ1v) is 11.7. The largest absolute Gasteiger partial charge is 0.478 e. The lowest BCUT2D eigenvalue weighted by Crippen LogP contribution is -2.44. The number of aromatic nitrogens is 3. The Balaban J connectivity index is 0.00000289. The van der Waals surface area contributed by atoms with Crippen molar-refractivity contribution in [2.45, 2.75) is 31.8 Å². The normalized spacial score (nSPS) is 16.0. The Morgan fingerprint density at radius 2 is 2.03 bits per heavy atom. The minimum atomic E-state index is -1.02. The summed E-state index contributed by atoms with van der Waals surface area (Å²) in [6.07, 6.45) is 2.51. The maximum Gasteiger partial charge on any atom is 0.335 e. The number of anilines is 1. The molecule has 0 bridgehead atoms. The molecule has 4 aromatic rings. The number of carboxylic acids is 1. The lowest BCUT2D eigenvalue weighted by atomic mass is 10.1.